The van der Waals surface area contributed by atoms with Crippen LogP contribution in [0.3, 0.4) is 0 Å². The first kappa shape index (κ1) is 44.0. The number of esters is 1. The normalized spacial score (nSPS) is 14.8. The summed E-state index contributed by atoms with van der Waals surface area (Å²) in [6.45, 7) is 7.83. The van der Waals surface area contributed by atoms with Gasteiger partial charge in [0.25, 0.3) is 11.8 Å². The molecule has 0 aliphatic carbocycles. The van der Waals surface area contributed by atoms with Gasteiger partial charge in [0.05, 0.1) is 40.6 Å². The minimum absolute atomic E-state index is 0. The zero-order valence-corrected chi connectivity index (χ0v) is 30.7. The van der Waals surface area contributed by atoms with E-state index in [1.165, 1.54) is 4.90 Å². The predicted octanol–water partition coefficient (Wildman–Crippen LogP) is 4.43. The highest BCUT2D eigenvalue weighted by molar-refractivity contribution is 6.38. The summed E-state index contributed by atoms with van der Waals surface area (Å²) in [5.41, 5.74) is 6.14. The minimum atomic E-state index is -0.878. The second kappa shape index (κ2) is 22.7. The maximum absolute atomic E-state index is 13.9. The molecule has 0 bridgehead atoms. The second-order valence-electron chi connectivity index (χ2n) is 13.0. The SMILES string of the molecule is C.CCC(C)(C)C(=O)C(=O)N1CCCCC1C(=O)O[C@H](CCc1ccc(OC)c(OC)c1)c1cccc(OCC(=O)NCCOCCOCCN)c1. The number of benzene rings is 2. The van der Waals surface area contributed by atoms with Crippen LogP contribution in [-0.4, -0.2) is 101 Å². The molecule has 1 heterocycles. The topological polar surface area (TPSA) is 165 Å². The Morgan fingerprint density at radius 1 is 0.962 bits per heavy atom. The largest absolute Gasteiger partial charge is 0.493 e. The summed E-state index contributed by atoms with van der Waals surface area (Å²) in [6, 6.07) is 11.8. The van der Waals surface area contributed by atoms with Crippen LogP contribution in [0.1, 0.15) is 77.5 Å². The third-order valence-corrected chi connectivity index (χ3v) is 8.93. The summed E-state index contributed by atoms with van der Waals surface area (Å²) in [7, 11) is 3.14. The van der Waals surface area contributed by atoms with Crippen LogP contribution in [0.2, 0.25) is 0 Å². The summed E-state index contributed by atoms with van der Waals surface area (Å²) >= 11 is 0. The van der Waals surface area contributed by atoms with E-state index in [-0.39, 0.29) is 19.9 Å². The van der Waals surface area contributed by atoms with Crippen molar-refractivity contribution in [1.29, 1.82) is 0 Å². The molecule has 3 rings (SSSR count). The summed E-state index contributed by atoms with van der Waals surface area (Å²) in [5, 5.41) is 2.75. The molecule has 0 aromatic heterocycles. The number of Topliss-reactive ketones (excluding diaryl/α,β-unsaturated/α-hetero) is 1. The van der Waals surface area contributed by atoms with Crippen molar-refractivity contribution in [3.8, 4) is 17.2 Å². The maximum Gasteiger partial charge on any atom is 0.329 e. The number of carbonyl (C=O) groups excluding carboxylic acids is 4. The number of nitrogens with one attached hydrogen (secondary N) is 1. The van der Waals surface area contributed by atoms with Crippen molar-refractivity contribution >= 4 is 23.6 Å². The molecule has 2 aromatic carbocycles. The summed E-state index contributed by atoms with van der Waals surface area (Å²) in [6.07, 6.45) is 2.51. The third kappa shape index (κ3) is 13.4. The second-order valence-corrected chi connectivity index (χ2v) is 13.0. The van der Waals surface area contributed by atoms with Gasteiger partial charge >= 0.3 is 5.97 Å². The van der Waals surface area contributed by atoms with Gasteiger partial charge in [0, 0.05) is 25.0 Å². The van der Waals surface area contributed by atoms with Crippen LogP contribution >= 0.6 is 0 Å². The summed E-state index contributed by atoms with van der Waals surface area (Å²) in [4.78, 5) is 54.2. The fourth-order valence-corrected chi connectivity index (χ4v) is 5.52. The van der Waals surface area contributed by atoms with E-state index < -0.39 is 35.2 Å². The van der Waals surface area contributed by atoms with Crippen LogP contribution in [0, 0.1) is 5.41 Å². The number of piperidine rings is 1. The first-order chi connectivity index (χ1) is 24.5. The molecule has 0 saturated carbocycles. The van der Waals surface area contributed by atoms with Crippen LogP contribution in [0.5, 0.6) is 17.2 Å². The maximum atomic E-state index is 13.9. The summed E-state index contributed by atoms with van der Waals surface area (Å²) < 4.78 is 33.5. The lowest BCUT2D eigenvalue weighted by molar-refractivity contribution is -0.164. The molecular formula is C39H59N3O10. The number of methoxy groups -OCH3 is 2. The number of nitrogens with zero attached hydrogens (tertiary/aromatic N) is 1. The molecule has 0 radical (unpaired) electrons. The first-order valence-corrected chi connectivity index (χ1v) is 17.7. The molecule has 13 nitrogen and oxygen atoms in total. The Hall–Kier alpha value is -4.20. The van der Waals surface area contributed by atoms with Gasteiger partial charge in [-0.2, -0.15) is 0 Å². The van der Waals surface area contributed by atoms with Gasteiger partial charge < -0.3 is 44.4 Å². The Kier molecular flexibility index (Phi) is 19.2. The molecule has 0 spiro atoms. The van der Waals surface area contributed by atoms with Gasteiger partial charge in [-0.1, -0.05) is 46.4 Å². The number of ether oxygens (including phenoxy) is 6. The summed E-state index contributed by atoms with van der Waals surface area (Å²) in [5.74, 6) is -0.446. The van der Waals surface area contributed by atoms with Crippen molar-refractivity contribution in [1.82, 2.24) is 10.2 Å². The quantitative estimate of drug-likeness (QED) is 0.100. The van der Waals surface area contributed by atoms with Gasteiger partial charge in [-0.3, -0.25) is 14.4 Å². The van der Waals surface area contributed by atoms with Gasteiger partial charge in [-0.25, -0.2) is 4.79 Å². The minimum Gasteiger partial charge on any atom is -0.493 e. The van der Waals surface area contributed by atoms with Crippen LogP contribution in [0.25, 0.3) is 0 Å². The molecule has 1 fully saturated rings. The molecule has 2 aromatic rings. The van der Waals surface area contributed by atoms with Gasteiger partial charge in [0.2, 0.25) is 5.78 Å². The smallest absolute Gasteiger partial charge is 0.329 e. The highest BCUT2D eigenvalue weighted by Gasteiger charge is 2.41. The van der Waals surface area contributed by atoms with E-state index in [4.69, 9.17) is 34.2 Å². The van der Waals surface area contributed by atoms with Crippen LogP contribution in [0.4, 0.5) is 0 Å². The van der Waals surface area contributed by atoms with Gasteiger partial charge in [0.1, 0.15) is 17.9 Å². The van der Waals surface area contributed by atoms with Gasteiger partial charge in [-0.15, -0.1) is 0 Å². The van der Waals surface area contributed by atoms with E-state index in [0.717, 1.165) is 12.0 Å². The molecule has 1 aliphatic rings. The Bertz CT molecular complexity index is 1430. The fourth-order valence-electron chi connectivity index (χ4n) is 5.52. The van der Waals surface area contributed by atoms with E-state index in [9.17, 15) is 19.2 Å². The highest BCUT2D eigenvalue weighted by Crippen LogP contribution is 2.32. The van der Waals surface area contributed by atoms with Crippen molar-refractivity contribution < 1.29 is 47.6 Å². The molecule has 1 unspecified atom stereocenters. The number of nitrogens with two attached hydrogens (primary N) is 1. The van der Waals surface area contributed by atoms with Crippen molar-refractivity contribution in [3.63, 3.8) is 0 Å². The molecule has 2 amide bonds. The Morgan fingerprint density at radius 2 is 1.69 bits per heavy atom. The number of amides is 2. The van der Waals surface area contributed by atoms with E-state index >= 15 is 0 Å². The van der Waals surface area contributed by atoms with E-state index in [1.54, 1.807) is 46.3 Å². The lowest BCUT2D eigenvalue weighted by Gasteiger charge is -2.36. The molecular weight excluding hydrogens is 670 g/mol. The van der Waals surface area contributed by atoms with E-state index in [2.05, 4.69) is 5.32 Å². The molecule has 13 heteroatoms. The number of ketones is 1. The monoisotopic (exact) mass is 729 g/mol. The average molecular weight is 730 g/mol. The molecule has 1 saturated heterocycles. The van der Waals surface area contributed by atoms with Crippen molar-refractivity contribution in [2.45, 2.75) is 78.9 Å². The standard InChI is InChI=1S/C38H55N3O10.CH4/c1-6-38(2,3)35(43)36(44)41-19-8-7-12-30(41)37(45)51-31(15-13-27-14-16-32(46-4)33(24-27)47-5)28-10-9-11-29(25-28)50-26-34(42)40-18-21-49-23-22-48-20-17-39;/h9-11,14,16,24-25,30-31H,6-8,12-13,15,17-23,26,39H2,1-5H3,(H,40,42);1H4/t30?,31-;/m1./s1. The first-order valence-electron chi connectivity index (χ1n) is 17.7. The number of hydrogen-bond donors (Lipinski definition) is 2. The zero-order valence-electron chi connectivity index (χ0n) is 30.7. The van der Waals surface area contributed by atoms with Crippen molar-refractivity contribution in [2.75, 3.05) is 66.9 Å². The molecule has 1 aliphatic heterocycles. The number of carbonyl (C=O) groups is 4. The van der Waals surface area contributed by atoms with Crippen molar-refractivity contribution in [2.24, 2.45) is 11.1 Å². The van der Waals surface area contributed by atoms with Crippen LogP contribution < -0.4 is 25.3 Å². The Balaban J connectivity index is 0.00000936. The Labute approximate surface area is 308 Å². The highest BCUT2D eigenvalue weighted by atomic mass is 16.5. The number of likely N-dealkylation sites (tertiary alicyclic amines) is 1. The number of hydrogen-bond acceptors (Lipinski definition) is 11. The van der Waals surface area contributed by atoms with Crippen LogP contribution in [0.15, 0.2) is 42.5 Å². The third-order valence-electron chi connectivity index (χ3n) is 8.93. The Morgan fingerprint density at radius 3 is 2.38 bits per heavy atom. The fraction of sp³-hybridized carbons (Fsp3) is 0.590. The number of rotatable bonds is 22. The molecule has 290 valence electrons. The molecule has 3 N–H and O–H groups in total. The lowest BCUT2D eigenvalue weighted by Crippen LogP contribution is -2.53. The number of aryl methyl sites for hydroxylation is 1. The molecule has 2 atom stereocenters. The van der Waals surface area contributed by atoms with Gasteiger partial charge in [-0.05, 0) is 73.9 Å². The van der Waals surface area contributed by atoms with Gasteiger partial charge in [0.15, 0.2) is 18.1 Å². The predicted molar refractivity (Wildman–Crippen MR) is 198 cm³/mol. The van der Waals surface area contributed by atoms with E-state index in [1.807, 2.05) is 31.2 Å². The molecule has 52 heavy (non-hydrogen) atoms. The van der Waals surface area contributed by atoms with Crippen LogP contribution in [-0.2, 0) is 39.8 Å². The zero-order chi connectivity index (χ0) is 37.2. The van der Waals surface area contributed by atoms with Crippen molar-refractivity contribution in [3.05, 3.63) is 53.6 Å². The van der Waals surface area contributed by atoms with E-state index in [0.29, 0.717) is 101 Å². The lowest BCUT2D eigenvalue weighted by atomic mass is 9.84. The average Bonchev–Trinajstić information content (AvgIpc) is 3.15.